The van der Waals surface area contributed by atoms with Gasteiger partial charge in [0.15, 0.2) is 5.69 Å². The van der Waals surface area contributed by atoms with Gasteiger partial charge in [0, 0.05) is 26.2 Å². The maximum Gasteiger partial charge on any atom is 0.272 e. The summed E-state index contributed by atoms with van der Waals surface area (Å²) in [6.45, 7) is 0.258. The minimum Gasteiger partial charge on any atom is -0.397 e. The Morgan fingerprint density at radius 3 is 2.88 bits per heavy atom. The van der Waals surface area contributed by atoms with Gasteiger partial charge in [0.2, 0.25) is 5.91 Å². The largest absolute Gasteiger partial charge is 0.397 e. The molecule has 6 heteroatoms. The molecule has 0 aliphatic rings. The molecule has 4 N–H and O–H groups in total. The molecule has 0 aliphatic carbocycles. The van der Waals surface area contributed by atoms with Gasteiger partial charge in [0.05, 0.1) is 5.69 Å². The van der Waals surface area contributed by atoms with Crippen LogP contribution in [-0.4, -0.2) is 30.4 Å². The van der Waals surface area contributed by atoms with Gasteiger partial charge in [-0.25, -0.2) is 4.98 Å². The summed E-state index contributed by atoms with van der Waals surface area (Å²) in [5, 5.41) is 5.02. The average Bonchev–Trinajstić information content (AvgIpc) is 2.29. The highest BCUT2D eigenvalue weighted by Gasteiger charge is 2.10. The Morgan fingerprint density at radius 1 is 1.50 bits per heavy atom. The maximum atomic E-state index is 11.6. The molecule has 0 spiro atoms. The van der Waals surface area contributed by atoms with E-state index in [9.17, 15) is 9.59 Å². The molecule has 0 saturated heterocycles. The van der Waals surface area contributed by atoms with Crippen molar-refractivity contribution in [2.75, 3.05) is 19.3 Å². The van der Waals surface area contributed by atoms with E-state index in [1.54, 1.807) is 19.2 Å². The van der Waals surface area contributed by atoms with E-state index in [0.29, 0.717) is 5.69 Å². The van der Waals surface area contributed by atoms with Gasteiger partial charge in [-0.05, 0) is 12.1 Å². The van der Waals surface area contributed by atoms with E-state index >= 15 is 0 Å². The van der Waals surface area contributed by atoms with Crippen LogP contribution in [0, 0.1) is 0 Å². The number of carbonyl (C=O) groups is 2. The summed E-state index contributed by atoms with van der Waals surface area (Å²) in [7, 11) is 1.54. The molecule has 0 bridgehead atoms. The highest BCUT2D eigenvalue weighted by molar-refractivity contribution is 5.97. The van der Waals surface area contributed by atoms with Gasteiger partial charge in [0.1, 0.15) is 0 Å². The molecule has 86 valence electrons. The van der Waals surface area contributed by atoms with Crippen molar-refractivity contribution in [3.8, 4) is 0 Å². The van der Waals surface area contributed by atoms with E-state index in [2.05, 4.69) is 15.6 Å². The molecular formula is C10H14N4O2. The number of pyridine rings is 1. The highest BCUT2D eigenvalue weighted by atomic mass is 16.2. The van der Waals surface area contributed by atoms with Crippen molar-refractivity contribution in [2.45, 2.75) is 6.42 Å². The first kappa shape index (κ1) is 12.0. The van der Waals surface area contributed by atoms with Crippen LogP contribution in [0.3, 0.4) is 0 Å². The highest BCUT2D eigenvalue weighted by Crippen LogP contribution is 2.05. The Hall–Kier alpha value is -2.11. The molecule has 0 radical (unpaired) electrons. The number of carbonyl (C=O) groups excluding carboxylic acids is 2. The number of nitrogens with one attached hydrogen (secondary N) is 2. The van der Waals surface area contributed by atoms with Gasteiger partial charge in [-0.15, -0.1) is 0 Å². The Kier molecular flexibility index (Phi) is 4.26. The molecule has 16 heavy (non-hydrogen) atoms. The fraction of sp³-hybridized carbons (Fsp3) is 0.300. The Labute approximate surface area is 93.2 Å². The molecule has 0 fully saturated rings. The van der Waals surface area contributed by atoms with Crippen LogP contribution in [0.4, 0.5) is 5.69 Å². The van der Waals surface area contributed by atoms with E-state index in [1.807, 2.05) is 0 Å². The fourth-order valence-corrected chi connectivity index (χ4v) is 1.11. The summed E-state index contributed by atoms with van der Waals surface area (Å²) in [5.74, 6) is -0.503. The average molecular weight is 222 g/mol. The van der Waals surface area contributed by atoms with Crippen LogP contribution in [0.2, 0.25) is 0 Å². The molecular weight excluding hydrogens is 208 g/mol. The summed E-state index contributed by atoms with van der Waals surface area (Å²) in [4.78, 5) is 26.3. The smallest absolute Gasteiger partial charge is 0.272 e. The Bertz CT molecular complexity index is 392. The topological polar surface area (TPSA) is 97.1 Å². The predicted octanol–water partition coefficient (Wildman–Crippen LogP) is -0.470. The van der Waals surface area contributed by atoms with Crippen molar-refractivity contribution in [1.82, 2.24) is 15.6 Å². The van der Waals surface area contributed by atoms with Crippen molar-refractivity contribution < 1.29 is 9.59 Å². The van der Waals surface area contributed by atoms with Crippen LogP contribution < -0.4 is 16.4 Å². The first-order valence-corrected chi connectivity index (χ1v) is 4.84. The van der Waals surface area contributed by atoms with Crippen LogP contribution in [0.5, 0.6) is 0 Å². The normalized spacial score (nSPS) is 9.56. The summed E-state index contributed by atoms with van der Waals surface area (Å²) < 4.78 is 0. The van der Waals surface area contributed by atoms with Gasteiger partial charge in [-0.1, -0.05) is 0 Å². The zero-order valence-corrected chi connectivity index (χ0v) is 8.99. The maximum absolute atomic E-state index is 11.6. The van der Waals surface area contributed by atoms with Crippen molar-refractivity contribution in [2.24, 2.45) is 0 Å². The summed E-state index contributed by atoms with van der Waals surface area (Å²) in [5.41, 5.74) is 6.08. The van der Waals surface area contributed by atoms with Crippen molar-refractivity contribution in [3.05, 3.63) is 24.0 Å². The molecule has 1 heterocycles. The monoisotopic (exact) mass is 222 g/mol. The van der Waals surface area contributed by atoms with Crippen LogP contribution in [0.15, 0.2) is 18.3 Å². The second-order valence-electron chi connectivity index (χ2n) is 3.12. The standard InChI is InChI=1S/C10H14N4O2/c1-12-8(15)4-6-14-10(16)9-7(11)3-2-5-13-9/h2-3,5H,4,6,11H2,1H3,(H,12,15)(H,14,16). The first-order valence-electron chi connectivity index (χ1n) is 4.84. The third-order valence-corrected chi connectivity index (χ3v) is 1.97. The number of nitrogens with zero attached hydrogens (tertiary/aromatic N) is 1. The quantitative estimate of drug-likeness (QED) is 0.641. The molecule has 1 aromatic rings. The number of hydrogen-bond donors (Lipinski definition) is 3. The SMILES string of the molecule is CNC(=O)CCNC(=O)c1ncccc1N. The van der Waals surface area contributed by atoms with E-state index < -0.39 is 0 Å². The second kappa shape index (κ2) is 5.69. The van der Waals surface area contributed by atoms with Crippen LogP contribution >= 0.6 is 0 Å². The van der Waals surface area contributed by atoms with E-state index in [4.69, 9.17) is 5.73 Å². The molecule has 0 atom stereocenters. The number of rotatable bonds is 4. The molecule has 1 aromatic heterocycles. The van der Waals surface area contributed by atoms with Gasteiger partial charge in [0.25, 0.3) is 5.91 Å². The second-order valence-corrected chi connectivity index (χ2v) is 3.12. The fourth-order valence-electron chi connectivity index (χ4n) is 1.11. The summed E-state index contributed by atoms with van der Waals surface area (Å²) >= 11 is 0. The van der Waals surface area contributed by atoms with Crippen molar-refractivity contribution >= 4 is 17.5 Å². The van der Waals surface area contributed by atoms with E-state index in [0.717, 1.165) is 0 Å². The number of nitrogens with two attached hydrogens (primary N) is 1. The van der Waals surface area contributed by atoms with Crippen LogP contribution in [-0.2, 0) is 4.79 Å². The molecule has 0 saturated carbocycles. The lowest BCUT2D eigenvalue weighted by Gasteiger charge is -2.05. The summed E-state index contributed by atoms with van der Waals surface area (Å²) in [6, 6.07) is 3.25. The number of nitrogen functional groups attached to an aromatic ring is 1. The van der Waals surface area contributed by atoms with Crippen molar-refractivity contribution in [3.63, 3.8) is 0 Å². The van der Waals surface area contributed by atoms with E-state index in [-0.39, 0.29) is 30.5 Å². The molecule has 2 amide bonds. The third kappa shape index (κ3) is 3.23. The van der Waals surface area contributed by atoms with Gasteiger partial charge in [-0.3, -0.25) is 9.59 Å². The Balaban J connectivity index is 2.47. The van der Waals surface area contributed by atoms with Gasteiger partial charge >= 0.3 is 0 Å². The number of hydrogen-bond acceptors (Lipinski definition) is 4. The zero-order chi connectivity index (χ0) is 12.0. The predicted molar refractivity (Wildman–Crippen MR) is 59.7 cm³/mol. The van der Waals surface area contributed by atoms with Crippen LogP contribution in [0.25, 0.3) is 0 Å². The number of aromatic nitrogens is 1. The lowest BCUT2D eigenvalue weighted by atomic mass is 10.3. The summed E-state index contributed by atoms with van der Waals surface area (Å²) in [6.07, 6.45) is 1.72. The van der Waals surface area contributed by atoms with Gasteiger partial charge < -0.3 is 16.4 Å². The minimum absolute atomic E-state index is 0.130. The molecule has 0 aliphatic heterocycles. The molecule has 6 nitrogen and oxygen atoms in total. The van der Waals surface area contributed by atoms with E-state index in [1.165, 1.54) is 6.20 Å². The number of amides is 2. The van der Waals surface area contributed by atoms with Crippen LogP contribution in [0.1, 0.15) is 16.9 Å². The van der Waals surface area contributed by atoms with Gasteiger partial charge in [-0.2, -0.15) is 0 Å². The minimum atomic E-state index is -0.373. The Morgan fingerprint density at radius 2 is 2.25 bits per heavy atom. The molecule has 1 rings (SSSR count). The first-order chi connectivity index (χ1) is 7.65. The lowest BCUT2D eigenvalue weighted by molar-refractivity contribution is -0.120. The zero-order valence-electron chi connectivity index (χ0n) is 8.99. The lowest BCUT2D eigenvalue weighted by Crippen LogP contribution is -2.30. The third-order valence-electron chi connectivity index (χ3n) is 1.97. The molecule has 0 unspecified atom stereocenters. The molecule has 0 aromatic carbocycles. The number of anilines is 1. The van der Waals surface area contributed by atoms with Crippen molar-refractivity contribution in [1.29, 1.82) is 0 Å².